The van der Waals surface area contributed by atoms with E-state index in [-0.39, 0.29) is 0 Å². The fourth-order valence-corrected chi connectivity index (χ4v) is 2.88. The molecule has 0 nitrogen and oxygen atoms in total. The molecule has 0 spiro atoms. The van der Waals surface area contributed by atoms with Crippen molar-refractivity contribution in [2.75, 3.05) is 0 Å². The van der Waals surface area contributed by atoms with Crippen molar-refractivity contribution in [1.29, 1.82) is 0 Å². The van der Waals surface area contributed by atoms with Crippen LogP contribution in [0.25, 0.3) is 0 Å². The molecule has 1 heteroatoms. The Labute approximate surface area is 55.1 Å². The van der Waals surface area contributed by atoms with Crippen LogP contribution >= 0.6 is 0 Å². The second kappa shape index (κ2) is 3.52. The molecule has 0 saturated carbocycles. The van der Waals surface area contributed by atoms with E-state index < -0.39 is 0 Å². The normalized spacial score (nSPS) is 21.7. The Bertz CT molecular complexity index is 58.6. The van der Waals surface area contributed by atoms with Crippen LogP contribution in [-0.4, -0.2) is 20.9 Å². The van der Waals surface area contributed by atoms with E-state index in [2.05, 4.69) is 10.2 Å². The fraction of sp³-hybridized carbons (Fsp3) is 0.667. The molecule has 0 aromatic carbocycles. The van der Waals surface area contributed by atoms with E-state index in [4.69, 9.17) is 0 Å². The van der Waals surface area contributed by atoms with Gasteiger partial charge in [0.15, 0.2) is 0 Å². The maximum atomic E-state index is 2.43. The summed E-state index contributed by atoms with van der Waals surface area (Å²) in [6.07, 6.45) is 6.65. The van der Waals surface area contributed by atoms with Gasteiger partial charge in [-0.25, -0.2) is 0 Å². The van der Waals surface area contributed by atoms with Crippen LogP contribution < -0.4 is 0 Å². The van der Waals surface area contributed by atoms with Gasteiger partial charge in [-0.05, 0) is 0 Å². The van der Waals surface area contributed by atoms with Crippen LogP contribution in [0.3, 0.4) is 0 Å². The van der Waals surface area contributed by atoms with Gasteiger partial charge in [0, 0.05) is 0 Å². The van der Waals surface area contributed by atoms with Crippen LogP contribution in [0.1, 0.15) is 19.3 Å². The topological polar surface area (TPSA) is 0 Å². The molecule has 1 aliphatic rings. The molecule has 0 bridgehead atoms. The summed E-state index contributed by atoms with van der Waals surface area (Å²) in [6.45, 7) is 0. The summed E-state index contributed by atoms with van der Waals surface area (Å²) < 4.78 is 3.97. The molecule has 0 unspecified atom stereocenters. The van der Waals surface area contributed by atoms with E-state index in [1.807, 2.05) is 0 Å². The predicted molar refractivity (Wildman–Crippen MR) is 33.6 cm³/mol. The van der Waals surface area contributed by atoms with Gasteiger partial charge in [0.25, 0.3) is 0 Å². The van der Waals surface area contributed by atoms with Gasteiger partial charge in [-0.3, -0.25) is 0 Å². The predicted octanol–water partition coefficient (Wildman–Crippen LogP) is 1.81. The summed E-state index contributed by atoms with van der Waals surface area (Å²) in [5.41, 5.74) is 0. The SMILES string of the molecule is C1=C[Te]CCCC1. The van der Waals surface area contributed by atoms with Crippen molar-refractivity contribution in [3.8, 4) is 0 Å². The maximum absolute atomic E-state index is 2.43. The second-order valence-electron chi connectivity index (χ2n) is 1.74. The minimum atomic E-state index is 0.359. The molecule has 0 N–H and O–H groups in total. The molecule has 0 fully saturated rings. The first-order valence-electron chi connectivity index (χ1n) is 2.77. The molecule has 0 radical (unpaired) electrons. The standard InChI is InChI=1S/C6H10Te/c1-2-4-6-7-5-3-1/h3,5H,1-2,4,6H2. The van der Waals surface area contributed by atoms with Crippen LogP contribution in [0, 0.1) is 0 Å². The molecule has 0 aliphatic carbocycles. The summed E-state index contributed by atoms with van der Waals surface area (Å²) in [7, 11) is 0. The van der Waals surface area contributed by atoms with Gasteiger partial charge in [-0.1, -0.05) is 0 Å². The summed E-state index contributed by atoms with van der Waals surface area (Å²) in [6, 6.07) is 0. The average molecular weight is 210 g/mol. The number of allylic oxidation sites excluding steroid dienone is 1. The summed E-state index contributed by atoms with van der Waals surface area (Å²) >= 11 is 0.359. The first-order valence-corrected chi connectivity index (χ1v) is 5.76. The molecule has 1 aliphatic heterocycles. The van der Waals surface area contributed by atoms with Gasteiger partial charge in [-0.2, -0.15) is 0 Å². The van der Waals surface area contributed by atoms with Crippen molar-refractivity contribution in [2.45, 2.75) is 23.7 Å². The van der Waals surface area contributed by atoms with Gasteiger partial charge in [-0.15, -0.1) is 0 Å². The quantitative estimate of drug-likeness (QED) is 0.534. The van der Waals surface area contributed by atoms with Crippen LogP contribution in [-0.2, 0) is 0 Å². The number of hydrogen-bond donors (Lipinski definition) is 0. The first-order chi connectivity index (χ1) is 3.50. The molecule has 0 aromatic rings. The molecule has 1 rings (SSSR count). The van der Waals surface area contributed by atoms with Crippen LogP contribution in [0.5, 0.6) is 0 Å². The van der Waals surface area contributed by atoms with Crippen LogP contribution in [0.2, 0.25) is 4.47 Å². The third-order valence-corrected chi connectivity index (χ3v) is 3.67. The number of hydrogen-bond acceptors (Lipinski definition) is 0. The van der Waals surface area contributed by atoms with E-state index >= 15 is 0 Å². The molecular weight excluding hydrogens is 200 g/mol. The van der Waals surface area contributed by atoms with Crippen LogP contribution in [0.4, 0.5) is 0 Å². The van der Waals surface area contributed by atoms with E-state index in [0.29, 0.717) is 20.9 Å². The van der Waals surface area contributed by atoms with Crippen LogP contribution in [0.15, 0.2) is 10.2 Å². The van der Waals surface area contributed by atoms with E-state index in [0.717, 1.165) is 0 Å². The van der Waals surface area contributed by atoms with E-state index in [1.54, 1.807) is 4.47 Å². The minimum absolute atomic E-state index is 0.359. The van der Waals surface area contributed by atoms with Gasteiger partial charge in [0.1, 0.15) is 0 Å². The van der Waals surface area contributed by atoms with Crippen molar-refractivity contribution in [1.82, 2.24) is 0 Å². The molecule has 0 aromatic heterocycles. The molecule has 0 amide bonds. The Balaban J connectivity index is 2.20. The Morgan fingerprint density at radius 2 is 2.29 bits per heavy atom. The van der Waals surface area contributed by atoms with Gasteiger partial charge >= 0.3 is 54.9 Å². The molecular formula is C6H10Te. The third-order valence-electron chi connectivity index (χ3n) is 1.08. The Hall–Kier alpha value is 0.530. The van der Waals surface area contributed by atoms with Crippen molar-refractivity contribution < 1.29 is 0 Å². The zero-order valence-electron chi connectivity index (χ0n) is 4.39. The molecule has 0 saturated heterocycles. The van der Waals surface area contributed by atoms with Crippen molar-refractivity contribution >= 4 is 20.9 Å². The summed E-state index contributed by atoms with van der Waals surface area (Å²) in [5, 5.41) is 0. The zero-order valence-corrected chi connectivity index (χ0v) is 6.72. The van der Waals surface area contributed by atoms with Gasteiger partial charge < -0.3 is 0 Å². The summed E-state index contributed by atoms with van der Waals surface area (Å²) in [4.78, 5) is 0. The zero-order chi connectivity index (χ0) is 4.95. The van der Waals surface area contributed by atoms with E-state index in [9.17, 15) is 0 Å². The van der Waals surface area contributed by atoms with Crippen molar-refractivity contribution in [2.24, 2.45) is 0 Å². The van der Waals surface area contributed by atoms with Gasteiger partial charge in [0.05, 0.1) is 0 Å². The molecule has 40 valence electrons. The Morgan fingerprint density at radius 1 is 1.29 bits per heavy atom. The fourth-order valence-electron chi connectivity index (χ4n) is 0.652. The van der Waals surface area contributed by atoms with E-state index in [1.165, 1.54) is 19.3 Å². The Morgan fingerprint density at radius 3 is 3.29 bits per heavy atom. The third kappa shape index (κ3) is 2.36. The monoisotopic (exact) mass is 212 g/mol. The average Bonchev–Trinajstić information content (AvgIpc) is 1.90. The number of rotatable bonds is 0. The van der Waals surface area contributed by atoms with Crippen molar-refractivity contribution in [3.63, 3.8) is 0 Å². The molecule has 7 heavy (non-hydrogen) atoms. The van der Waals surface area contributed by atoms with Gasteiger partial charge in [0.2, 0.25) is 0 Å². The Kier molecular flexibility index (Phi) is 2.85. The molecule has 0 atom stereocenters. The summed E-state index contributed by atoms with van der Waals surface area (Å²) in [5.74, 6) is 0. The van der Waals surface area contributed by atoms with Crippen molar-refractivity contribution in [3.05, 3.63) is 10.2 Å². The second-order valence-corrected chi connectivity index (χ2v) is 4.63. The first kappa shape index (κ1) is 5.66. The molecule has 1 heterocycles.